The van der Waals surface area contributed by atoms with Gasteiger partial charge in [-0.25, -0.2) is 4.98 Å². The van der Waals surface area contributed by atoms with Gasteiger partial charge in [0.05, 0.1) is 28.9 Å². The summed E-state index contributed by atoms with van der Waals surface area (Å²) in [7, 11) is 0. The van der Waals surface area contributed by atoms with Gasteiger partial charge in [-0.05, 0) is 55.0 Å². The lowest BCUT2D eigenvalue weighted by atomic mass is 10.0. The van der Waals surface area contributed by atoms with E-state index in [1.54, 1.807) is 41.4 Å². The zero-order valence-electron chi connectivity index (χ0n) is 20.4. The first-order valence-electron chi connectivity index (χ1n) is 12.3. The number of para-hydroxylation sites is 1. The molecule has 3 amide bonds. The summed E-state index contributed by atoms with van der Waals surface area (Å²) in [6.07, 6.45) is 1.63. The zero-order chi connectivity index (χ0) is 25.5. The number of hydrogen-bond acceptors (Lipinski definition) is 6. The maximum atomic E-state index is 13.3. The molecule has 2 aliphatic heterocycles. The first-order chi connectivity index (χ1) is 18.0. The van der Waals surface area contributed by atoms with Gasteiger partial charge in [-0.2, -0.15) is 0 Å². The molecule has 0 atom stereocenters. The van der Waals surface area contributed by atoms with Crippen molar-refractivity contribution in [3.63, 3.8) is 0 Å². The molecule has 0 radical (unpaired) electrons. The van der Waals surface area contributed by atoms with Gasteiger partial charge in [-0.3, -0.25) is 24.3 Å². The quantitative estimate of drug-likeness (QED) is 0.405. The maximum Gasteiger partial charge on any atom is 0.261 e. The molecule has 0 spiro atoms. The third-order valence-electron chi connectivity index (χ3n) is 7.06. The Balaban J connectivity index is 1.16. The number of carbonyl (C=O) groups excluding carboxylic acids is 3. The Kier molecular flexibility index (Phi) is 5.64. The van der Waals surface area contributed by atoms with Crippen molar-refractivity contribution in [2.45, 2.75) is 13.5 Å². The number of anilines is 1. The normalized spacial score (nSPS) is 15.4. The van der Waals surface area contributed by atoms with E-state index in [9.17, 15) is 14.4 Å². The molecule has 0 saturated carbocycles. The number of aromatic nitrogens is 2. The van der Waals surface area contributed by atoms with E-state index < -0.39 is 5.91 Å². The molecule has 37 heavy (non-hydrogen) atoms. The summed E-state index contributed by atoms with van der Waals surface area (Å²) in [5, 5.41) is 1.14. The second-order valence-corrected chi connectivity index (χ2v) is 9.37. The average molecular weight is 492 g/mol. The van der Waals surface area contributed by atoms with E-state index >= 15 is 0 Å². The number of amides is 3. The molecule has 0 unspecified atom stereocenters. The molecule has 1 fully saturated rings. The minimum Gasteiger partial charge on any atom is -0.353 e. The van der Waals surface area contributed by atoms with Crippen LogP contribution in [0.4, 0.5) is 5.82 Å². The summed E-state index contributed by atoms with van der Waals surface area (Å²) in [6, 6.07) is 20.3. The second-order valence-electron chi connectivity index (χ2n) is 9.37. The Labute approximate surface area is 214 Å². The molecule has 184 valence electrons. The van der Waals surface area contributed by atoms with Crippen molar-refractivity contribution in [2.24, 2.45) is 0 Å². The molecule has 4 aromatic rings. The topological polar surface area (TPSA) is 86.7 Å². The highest BCUT2D eigenvalue weighted by molar-refractivity contribution is 6.22. The van der Waals surface area contributed by atoms with Crippen LogP contribution in [0.3, 0.4) is 0 Å². The maximum absolute atomic E-state index is 13.3. The summed E-state index contributed by atoms with van der Waals surface area (Å²) in [5.41, 5.74) is 3.76. The van der Waals surface area contributed by atoms with Crippen molar-refractivity contribution in [3.05, 3.63) is 101 Å². The van der Waals surface area contributed by atoms with Gasteiger partial charge in [0.15, 0.2) is 0 Å². The standard InChI is InChI=1S/C29H25N5O3/c1-19-16-26(31-25-8-3-2-7-22(19)25)32-12-14-33(15-13-32)27(35)20-9-10-23-24(17-20)29(37)34(28(23)36)18-21-6-4-5-11-30-21/h2-11,16-17H,12-15,18H2,1H3. The Morgan fingerprint density at radius 2 is 1.62 bits per heavy atom. The molecule has 2 aromatic heterocycles. The molecule has 0 N–H and O–H groups in total. The monoisotopic (exact) mass is 491 g/mol. The van der Waals surface area contributed by atoms with Crippen LogP contribution < -0.4 is 4.90 Å². The van der Waals surface area contributed by atoms with Crippen LogP contribution in [0.25, 0.3) is 10.9 Å². The van der Waals surface area contributed by atoms with Crippen LogP contribution in [0.15, 0.2) is 72.9 Å². The summed E-state index contributed by atoms with van der Waals surface area (Å²) in [4.78, 5) is 53.4. The van der Waals surface area contributed by atoms with Crippen molar-refractivity contribution < 1.29 is 14.4 Å². The van der Waals surface area contributed by atoms with Crippen molar-refractivity contribution in [2.75, 3.05) is 31.1 Å². The number of benzene rings is 2. The van der Waals surface area contributed by atoms with E-state index in [1.807, 2.05) is 24.3 Å². The average Bonchev–Trinajstić information content (AvgIpc) is 3.17. The van der Waals surface area contributed by atoms with E-state index in [0.717, 1.165) is 16.7 Å². The lowest BCUT2D eigenvalue weighted by molar-refractivity contribution is 0.0640. The van der Waals surface area contributed by atoms with Crippen molar-refractivity contribution >= 4 is 34.4 Å². The molecule has 2 aliphatic rings. The van der Waals surface area contributed by atoms with E-state index in [4.69, 9.17) is 4.98 Å². The number of nitrogens with zero attached hydrogens (tertiary/aromatic N) is 5. The van der Waals surface area contributed by atoms with E-state index in [-0.39, 0.29) is 23.9 Å². The predicted octanol–water partition coefficient (Wildman–Crippen LogP) is 3.70. The predicted molar refractivity (Wildman–Crippen MR) is 139 cm³/mol. The van der Waals surface area contributed by atoms with Crippen LogP contribution in [-0.2, 0) is 6.54 Å². The molecule has 1 saturated heterocycles. The Hall–Kier alpha value is -4.59. The molecule has 0 bridgehead atoms. The highest BCUT2D eigenvalue weighted by Gasteiger charge is 2.36. The van der Waals surface area contributed by atoms with Gasteiger partial charge in [0.2, 0.25) is 0 Å². The summed E-state index contributed by atoms with van der Waals surface area (Å²) in [5.74, 6) is 0.00535. The van der Waals surface area contributed by atoms with Crippen LogP contribution in [0.2, 0.25) is 0 Å². The Bertz CT molecular complexity index is 1540. The van der Waals surface area contributed by atoms with Crippen LogP contribution in [0.1, 0.15) is 42.3 Å². The van der Waals surface area contributed by atoms with Gasteiger partial charge < -0.3 is 9.80 Å². The van der Waals surface area contributed by atoms with E-state index in [0.29, 0.717) is 43.0 Å². The largest absolute Gasteiger partial charge is 0.353 e. The Morgan fingerprint density at radius 1 is 0.865 bits per heavy atom. The fraction of sp³-hybridized carbons (Fsp3) is 0.207. The first kappa shape index (κ1) is 22.8. The van der Waals surface area contributed by atoms with Gasteiger partial charge >= 0.3 is 0 Å². The number of imide groups is 1. The number of aryl methyl sites for hydroxylation is 1. The number of carbonyl (C=O) groups is 3. The van der Waals surface area contributed by atoms with Crippen LogP contribution in [0.5, 0.6) is 0 Å². The highest BCUT2D eigenvalue weighted by Crippen LogP contribution is 2.27. The van der Waals surface area contributed by atoms with Crippen molar-refractivity contribution in [1.29, 1.82) is 0 Å². The highest BCUT2D eigenvalue weighted by atomic mass is 16.2. The van der Waals surface area contributed by atoms with Crippen molar-refractivity contribution in [1.82, 2.24) is 19.8 Å². The number of piperazine rings is 1. The number of pyridine rings is 2. The molecule has 0 aliphatic carbocycles. The molecule has 4 heterocycles. The summed E-state index contributed by atoms with van der Waals surface area (Å²) in [6.45, 7) is 4.60. The minimum absolute atomic E-state index is 0.0979. The van der Waals surface area contributed by atoms with Crippen LogP contribution in [0, 0.1) is 6.92 Å². The minimum atomic E-state index is -0.400. The lowest BCUT2D eigenvalue weighted by Gasteiger charge is -2.35. The van der Waals surface area contributed by atoms with Gasteiger partial charge in [0.1, 0.15) is 5.82 Å². The smallest absolute Gasteiger partial charge is 0.261 e. The lowest BCUT2D eigenvalue weighted by Crippen LogP contribution is -2.49. The Morgan fingerprint density at radius 3 is 2.41 bits per heavy atom. The molecule has 6 rings (SSSR count). The molecule has 8 nitrogen and oxygen atoms in total. The van der Waals surface area contributed by atoms with E-state index in [1.165, 1.54) is 10.5 Å². The number of rotatable bonds is 4. The van der Waals surface area contributed by atoms with Crippen molar-refractivity contribution in [3.8, 4) is 0 Å². The summed E-state index contributed by atoms with van der Waals surface area (Å²) >= 11 is 0. The van der Waals surface area contributed by atoms with Gasteiger partial charge in [0.25, 0.3) is 17.7 Å². The number of fused-ring (bicyclic) bond motifs is 2. The van der Waals surface area contributed by atoms with Gasteiger partial charge in [-0.15, -0.1) is 0 Å². The molecular weight excluding hydrogens is 466 g/mol. The number of hydrogen-bond donors (Lipinski definition) is 0. The molecular formula is C29H25N5O3. The van der Waals surface area contributed by atoms with Gasteiger partial charge in [-0.1, -0.05) is 24.3 Å². The van der Waals surface area contributed by atoms with E-state index in [2.05, 4.69) is 28.9 Å². The molecule has 8 heteroatoms. The van der Waals surface area contributed by atoms with Crippen LogP contribution >= 0.6 is 0 Å². The fourth-order valence-corrected chi connectivity index (χ4v) is 5.04. The van der Waals surface area contributed by atoms with Crippen LogP contribution in [-0.4, -0.2) is 63.7 Å². The SMILES string of the molecule is Cc1cc(N2CCN(C(=O)c3ccc4c(c3)C(=O)N(Cc3ccccn3)C4=O)CC2)nc2ccccc12. The second kappa shape index (κ2) is 9.13. The third kappa shape index (κ3) is 4.10. The molecule has 2 aromatic carbocycles. The van der Waals surface area contributed by atoms with Gasteiger partial charge in [0, 0.05) is 43.3 Å². The summed E-state index contributed by atoms with van der Waals surface area (Å²) < 4.78 is 0. The third-order valence-corrected chi connectivity index (χ3v) is 7.06. The fourth-order valence-electron chi connectivity index (χ4n) is 5.04. The first-order valence-corrected chi connectivity index (χ1v) is 12.3. The zero-order valence-corrected chi connectivity index (χ0v) is 20.4.